The molecule has 0 spiro atoms. The molecule has 0 radical (unpaired) electrons. The summed E-state index contributed by atoms with van der Waals surface area (Å²) in [6.45, 7) is 5.65. The third kappa shape index (κ3) is 7.15. The summed E-state index contributed by atoms with van der Waals surface area (Å²) < 4.78 is 32.8. The van der Waals surface area contributed by atoms with Crippen LogP contribution >= 0.6 is 0 Å². The van der Waals surface area contributed by atoms with Crippen LogP contribution in [-0.2, 0) is 10.0 Å². The summed E-state index contributed by atoms with van der Waals surface area (Å²) in [5, 5.41) is 0. The fourth-order valence-corrected chi connectivity index (χ4v) is 6.04. The highest BCUT2D eigenvalue weighted by atomic mass is 32.2. The molecule has 1 aliphatic carbocycles. The third-order valence-corrected chi connectivity index (χ3v) is 7.76. The first kappa shape index (κ1) is 22.4. The fraction of sp³-hybridized carbons (Fsp3) is 0.727. The lowest BCUT2D eigenvalue weighted by molar-refractivity contribution is 0.252. The highest BCUT2D eigenvalue weighted by molar-refractivity contribution is 7.89. The van der Waals surface area contributed by atoms with Crippen molar-refractivity contribution in [3.8, 4) is 5.75 Å². The van der Waals surface area contributed by atoms with Gasteiger partial charge in [-0.15, -0.1) is 0 Å². The fourth-order valence-electron chi connectivity index (χ4n) is 4.51. The second-order valence-corrected chi connectivity index (χ2v) is 10.2. The van der Waals surface area contributed by atoms with E-state index in [-0.39, 0.29) is 0 Å². The van der Waals surface area contributed by atoms with Gasteiger partial charge in [0, 0.05) is 32.7 Å². The summed E-state index contributed by atoms with van der Waals surface area (Å²) in [6.07, 6.45) is 7.70. The average molecular weight is 424 g/mol. The van der Waals surface area contributed by atoms with Crippen LogP contribution in [0.4, 0.5) is 5.69 Å². The second kappa shape index (κ2) is 11.2. The Hall–Kier alpha value is -1.31. The molecule has 2 fully saturated rings. The van der Waals surface area contributed by atoms with Crippen molar-refractivity contribution in [3.05, 3.63) is 24.3 Å². The zero-order valence-electron chi connectivity index (χ0n) is 17.8. The summed E-state index contributed by atoms with van der Waals surface area (Å²) in [5.41, 5.74) is 1.17. The molecule has 0 amide bonds. The maximum Gasteiger partial charge on any atom is 0.211 e. The number of piperazine rings is 1. The van der Waals surface area contributed by atoms with E-state index in [2.05, 4.69) is 26.7 Å². The predicted octanol–water partition coefficient (Wildman–Crippen LogP) is 3.10. The van der Waals surface area contributed by atoms with Gasteiger partial charge in [0.05, 0.1) is 18.6 Å². The minimum atomic E-state index is -3.11. The molecule has 1 saturated carbocycles. The number of ether oxygens (including phenoxy) is 1. The zero-order chi connectivity index (χ0) is 20.5. The molecule has 6 nitrogen and oxygen atoms in total. The Morgan fingerprint density at radius 1 is 1.03 bits per heavy atom. The van der Waals surface area contributed by atoms with Crippen LogP contribution in [0.3, 0.4) is 0 Å². The molecule has 1 aromatic carbocycles. The molecule has 7 heteroatoms. The van der Waals surface area contributed by atoms with Crippen molar-refractivity contribution in [1.29, 1.82) is 0 Å². The SMILES string of the molecule is COc1ccccc1N1CCN(CCCCNS(=O)(=O)CC2CCCCC2)CC1. The van der Waals surface area contributed by atoms with E-state index in [0.29, 0.717) is 18.2 Å². The number of methoxy groups -OCH3 is 1. The molecular formula is C22H37N3O3S. The van der Waals surface area contributed by atoms with Gasteiger partial charge in [0.2, 0.25) is 10.0 Å². The van der Waals surface area contributed by atoms with Gasteiger partial charge in [-0.3, -0.25) is 4.90 Å². The van der Waals surface area contributed by atoms with E-state index < -0.39 is 10.0 Å². The predicted molar refractivity (Wildman–Crippen MR) is 119 cm³/mol. The largest absolute Gasteiger partial charge is 0.495 e. The Labute approximate surface area is 176 Å². The first-order chi connectivity index (χ1) is 14.1. The van der Waals surface area contributed by atoms with E-state index in [0.717, 1.165) is 64.2 Å². The Morgan fingerprint density at radius 2 is 1.76 bits per heavy atom. The van der Waals surface area contributed by atoms with Crippen molar-refractivity contribution >= 4 is 15.7 Å². The van der Waals surface area contributed by atoms with Gasteiger partial charge >= 0.3 is 0 Å². The molecule has 2 aliphatic rings. The summed E-state index contributed by atoms with van der Waals surface area (Å²) in [4.78, 5) is 4.86. The molecule has 0 atom stereocenters. The van der Waals surface area contributed by atoms with Crippen LogP contribution < -0.4 is 14.4 Å². The number of rotatable bonds is 10. The van der Waals surface area contributed by atoms with E-state index in [1.807, 2.05) is 12.1 Å². The summed E-state index contributed by atoms with van der Waals surface area (Å²) >= 11 is 0. The highest BCUT2D eigenvalue weighted by Crippen LogP contribution is 2.28. The van der Waals surface area contributed by atoms with Crippen LogP contribution in [0.5, 0.6) is 5.75 Å². The molecule has 164 valence electrons. The van der Waals surface area contributed by atoms with Crippen molar-refractivity contribution in [3.63, 3.8) is 0 Å². The Balaban J connectivity index is 1.30. The highest BCUT2D eigenvalue weighted by Gasteiger charge is 2.21. The molecule has 29 heavy (non-hydrogen) atoms. The topological polar surface area (TPSA) is 61.9 Å². The Bertz CT molecular complexity index is 712. The summed E-state index contributed by atoms with van der Waals surface area (Å²) in [6, 6.07) is 8.19. The molecule has 1 heterocycles. The maximum absolute atomic E-state index is 12.2. The number of sulfonamides is 1. The maximum atomic E-state index is 12.2. The number of nitrogens with one attached hydrogen (secondary N) is 1. The Kier molecular flexibility index (Phi) is 8.63. The average Bonchev–Trinajstić information content (AvgIpc) is 2.74. The molecule has 1 N–H and O–H groups in total. The van der Waals surface area contributed by atoms with Crippen LogP contribution in [0.15, 0.2) is 24.3 Å². The smallest absolute Gasteiger partial charge is 0.211 e. The molecule has 0 bridgehead atoms. The van der Waals surface area contributed by atoms with Crippen molar-refractivity contribution in [2.24, 2.45) is 5.92 Å². The standard InChI is InChI=1S/C22H37N3O3S/c1-28-22-12-6-5-11-21(22)25-17-15-24(16-18-25)14-8-7-13-23-29(26,27)19-20-9-3-2-4-10-20/h5-6,11-12,20,23H,2-4,7-10,13-19H2,1H3. The van der Waals surface area contributed by atoms with Crippen LogP contribution in [-0.4, -0.2) is 65.4 Å². The van der Waals surface area contributed by atoms with Gasteiger partial charge in [-0.2, -0.15) is 0 Å². The van der Waals surface area contributed by atoms with Gasteiger partial charge in [-0.05, 0) is 50.3 Å². The second-order valence-electron chi connectivity index (χ2n) is 8.39. The molecule has 1 saturated heterocycles. The van der Waals surface area contributed by atoms with Crippen molar-refractivity contribution in [2.45, 2.75) is 44.9 Å². The molecule has 1 aromatic rings. The molecule has 0 unspecified atom stereocenters. The monoisotopic (exact) mass is 423 g/mol. The number of anilines is 1. The van der Waals surface area contributed by atoms with E-state index in [9.17, 15) is 8.42 Å². The summed E-state index contributed by atoms with van der Waals surface area (Å²) in [5.74, 6) is 1.61. The van der Waals surface area contributed by atoms with E-state index >= 15 is 0 Å². The van der Waals surface area contributed by atoms with Crippen LogP contribution in [0.2, 0.25) is 0 Å². The van der Waals surface area contributed by atoms with Crippen LogP contribution in [0, 0.1) is 5.92 Å². The van der Waals surface area contributed by atoms with E-state index in [4.69, 9.17) is 4.74 Å². The molecule has 1 aliphatic heterocycles. The molecule has 0 aromatic heterocycles. The van der Waals surface area contributed by atoms with Gasteiger partial charge in [-0.1, -0.05) is 31.4 Å². The molecular weight excluding hydrogens is 386 g/mol. The number of nitrogens with zero attached hydrogens (tertiary/aromatic N) is 2. The number of benzene rings is 1. The zero-order valence-corrected chi connectivity index (χ0v) is 18.6. The normalized spacial score (nSPS) is 19.4. The number of hydrogen-bond donors (Lipinski definition) is 1. The van der Waals surface area contributed by atoms with Gasteiger partial charge in [0.25, 0.3) is 0 Å². The minimum absolute atomic E-state index is 0.317. The minimum Gasteiger partial charge on any atom is -0.495 e. The van der Waals surface area contributed by atoms with Crippen molar-refractivity contribution in [2.75, 3.05) is 57.0 Å². The van der Waals surface area contributed by atoms with Gasteiger partial charge in [0.15, 0.2) is 0 Å². The third-order valence-electron chi connectivity index (χ3n) is 6.20. The number of unbranched alkanes of at least 4 members (excludes halogenated alkanes) is 1. The van der Waals surface area contributed by atoms with Gasteiger partial charge in [-0.25, -0.2) is 13.1 Å². The Morgan fingerprint density at radius 3 is 2.48 bits per heavy atom. The van der Waals surface area contributed by atoms with E-state index in [1.54, 1.807) is 7.11 Å². The van der Waals surface area contributed by atoms with Crippen molar-refractivity contribution < 1.29 is 13.2 Å². The number of hydrogen-bond acceptors (Lipinski definition) is 5. The summed E-state index contributed by atoms with van der Waals surface area (Å²) in [7, 11) is -1.39. The van der Waals surface area contributed by atoms with Crippen molar-refractivity contribution in [1.82, 2.24) is 9.62 Å². The quantitative estimate of drug-likeness (QED) is 0.586. The van der Waals surface area contributed by atoms with E-state index in [1.165, 1.54) is 24.9 Å². The van der Waals surface area contributed by atoms with Crippen LogP contribution in [0.25, 0.3) is 0 Å². The van der Waals surface area contributed by atoms with Gasteiger partial charge < -0.3 is 9.64 Å². The molecule has 3 rings (SSSR count). The van der Waals surface area contributed by atoms with Gasteiger partial charge in [0.1, 0.15) is 5.75 Å². The first-order valence-corrected chi connectivity index (χ1v) is 12.8. The number of para-hydroxylation sites is 2. The first-order valence-electron chi connectivity index (χ1n) is 11.1. The lowest BCUT2D eigenvalue weighted by Crippen LogP contribution is -2.46. The lowest BCUT2D eigenvalue weighted by Gasteiger charge is -2.36. The lowest BCUT2D eigenvalue weighted by atomic mass is 9.91. The van der Waals surface area contributed by atoms with Crippen LogP contribution in [0.1, 0.15) is 44.9 Å².